The van der Waals surface area contributed by atoms with Crippen LogP contribution in [0.2, 0.25) is 0 Å². The highest BCUT2D eigenvalue weighted by molar-refractivity contribution is 6.07. The van der Waals surface area contributed by atoms with E-state index in [0.29, 0.717) is 5.71 Å². The number of hydrogen-bond acceptors (Lipinski definition) is 4. The summed E-state index contributed by atoms with van der Waals surface area (Å²) in [7, 11) is 3.31. The number of ether oxygens (including phenoxy) is 2. The van der Waals surface area contributed by atoms with Gasteiger partial charge in [0.1, 0.15) is 11.5 Å². The maximum absolute atomic E-state index is 9.26. The largest absolute Gasteiger partial charge is 0.497 e. The highest BCUT2D eigenvalue weighted by Crippen LogP contribution is 2.32. The Morgan fingerprint density at radius 1 is 0.686 bits per heavy atom. The van der Waals surface area contributed by atoms with Crippen LogP contribution in [-0.4, -0.2) is 24.9 Å². The summed E-state index contributed by atoms with van der Waals surface area (Å²) in [4.78, 5) is 4.91. The maximum atomic E-state index is 9.26. The normalized spacial score (nSPS) is 10.9. The minimum atomic E-state index is -0.249. The number of aromatic nitrogens is 1. The predicted octanol–water partition coefficient (Wildman–Crippen LogP) is 7.12. The van der Waals surface area contributed by atoms with Gasteiger partial charge in [-0.15, -0.1) is 0 Å². The van der Waals surface area contributed by atoms with Crippen molar-refractivity contribution in [2.24, 2.45) is 0 Å². The van der Waals surface area contributed by atoms with E-state index < -0.39 is 0 Å². The third-order valence-electron chi connectivity index (χ3n) is 6.26. The van der Waals surface area contributed by atoms with Crippen molar-refractivity contribution in [3.63, 3.8) is 0 Å². The van der Waals surface area contributed by atoms with Gasteiger partial charge in [-0.25, -0.2) is 4.98 Å². The Morgan fingerprint density at radius 3 is 1.83 bits per heavy atom. The second-order valence-corrected chi connectivity index (χ2v) is 8.36. The molecule has 0 amide bonds. The molecule has 1 heterocycles. The Kier molecular flexibility index (Phi) is 6.27. The zero-order valence-corrected chi connectivity index (χ0v) is 19.7. The number of pyridine rings is 1. The highest BCUT2D eigenvalue weighted by atomic mass is 16.5. The fourth-order valence-electron chi connectivity index (χ4n) is 4.34. The summed E-state index contributed by atoms with van der Waals surface area (Å²) in [5.74, 6) is 1.33. The molecule has 0 saturated carbocycles. The number of methoxy groups -OCH3 is 2. The predicted molar refractivity (Wildman–Crippen MR) is 142 cm³/mol. The zero-order valence-electron chi connectivity index (χ0n) is 19.7. The van der Waals surface area contributed by atoms with Crippen molar-refractivity contribution in [2.75, 3.05) is 14.2 Å². The van der Waals surface area contributed by atoms with Gasteiger partial charge >= 0.3 is 0 Å². The standard InChI is InChI=1S/C31H26N2O2/c1-34-26-15-10-23(11-16-26)30(24-12-17-27(35-2)18-13-24)31(32)25-9-8-22-14-19-28(33-29(22)20-25)21-6-4-3-5-7-21/h3-20,30,32H,1-2H3. The molecule has 1 aromatic heterocycles. The second kappa shape index (κ2) is 9.82. The van der Waals surface area contributed by atoms with Crippen molar-refractivity contribution in [3.05, 3.63) is 126 Å². The molecule has 0 bridgehead atoms. The van der Waals surface area contributed by atoms with Gasteiger partial charge in [0.15, 0.2) is 0 Å². The smallest absolute Gasteiger partial charge is 0.118 e. The Balaban J connectivity index is 1.57. The number of fused-ring (bicyclic) bond motifs is 1. The molecular formula is C31H26N2O2. The van der Waals surface area contributed by atoms with Crippen LogP contribution in [0.15, 0.2) is 109 Å². The molecule has 4 nitrogen and oxygen atoms in total. The summed E-state index contributed by atoms with van der Waals surface area (Å²) in [5, 5.41) is 10.3. The molecule has 0 unspecified atom stereocenters. The van der Waals surface area contributed by atoms with E-state index in [1.165, 1.54) is 0 Å². The minimum Gasteiger partial charge on any atom is -0.497 e. The molecule has 4 heteroatoms. The fraction of sp³-hybridized carbons (Fsp3) is 0.0968. The fourth-order valence-corrected chi connectivity index (χ4v) is 4.34. The number of nitrogens with one attached hydrogen (secondary N) is 1. The average Bonchev–Trinajstić information content (AvgIpc) is 2.93. The first-order valence-electron chi connectivity index (χ1n) is 11.5. The summed E-state index contributed by atoms with van der Waals surface area (Å²) >= 11 is 0. The van der Waals surface area contributed by atoms with Crippen LogP contribution in [0, 0.1) is 5.41 Å². The molecule has 4 aromatic carbocycles. The van der Waals surface area contributed by atoms with E-state index in [4.69, 9.17) is 14.5 Å². The van der Waals surface area contributed by atoms with Gasteiger partial charge in [0.05, 0.1) is 37.1 Å². The van der Waals surface area contributed by atoms with Gasteiger partial charge in [0.25, 0.3) is 0 Å². The first-order valence-corrected chi connectivity index (χ1v) is 11.5. The van der Waals surface area contributed by atoms with Crippen molar-refractivity contribution >= 4 is 16.6 Å². The first kappa shape index (κ1) is 22.4. The third-order valence-corrected chi connectivity index (χ3v) is 6.26. The van der Waals surface area contributed by atoms with E-state index in [-0.39, 0.29) is 5.92 Å². The van der Waals surface area contributed by atoms with Gasteiger partial charge < -0.3 is 14.9 Å². The van der Waals surface area contributed by atoms with Gasteiger partial charge in [-0.1, -0.05) is 72.8 Å². The summed E-state index contributed by atoms with van der Waals surface area (Å²) in [6, 6.07) is 36.2. The molecule has 0 fully saturated rings. The molecule has 0 aliphatic rings. The van der Waals surface area contributed by atoms with Crippen LogP contribution in [0.25, 0.3) is 22.2 Å². The molecule has 5 rings (SSSR count). The second-order valence-electron chi connectivity index (χ2n) is 8.36. The van der Waals surface area contributed by atoms with Crippen LogP contribution in [0.3, 0.4) is 0 Å². The van der Waals surface area contributed by atoms with Crippen LogP contribution in [0.1, 0.15) is 22.6 Å². The molecule has 0 aliphatic carbocycles. The summed E-state index contributed by atoms with van der Waals surface area (Å²) in [6.07, 6.45) is 0. The highest BCUT2D eigenvalue weighted by Gasteiger charge is 2.22. The summed E-state index contributed by atoms with van der Waals surface area (Å²) in [6.45, 7) is 0. The lowest BCUT2D eigenvalue weighted by atomic mass is 9.84. The Morgan fingerprint density at radius 2 is 1.26 bits per heavy atom. The van der Waals surface area contributed by atoms with Crippen LogP contribution < -0.4 is 9.47 Å². The minimum absolute atomic E-state index is 0.249. The first-order chi connectivity index (χ1) is 17.2. The van der Waals surface area contributed by atoms with Crippen molar-refractivity contribution in [2.45, 2.75) is 5.92 Å². The number of nitrogens with zero attached hydrogens (tertiary/aromatic N) is 1. The third kappa shape index (κ3) is 4.64. The van der Waals surface area contributed by atoms with Gasteiger partial charge in [-0.2, -0.15) is 0 Å². The van der Waals surface area contributed by atoms with E-state index in [1.807, 2.05) is 91.0 Å². The van der Waals surface area contributed by atoms with E-state index in [1.54, 1.807) is 14.2 Å². The van der Waals surface area contributed by atoms with E-state index in [0.717, 1.165) is 50.3 Å². The van der Waals surface area contributed by atoms with Crippen LogP contribution in [0.4, 0.5) is 0 Å². The van der Waals surface area contributed by atoms with E-state index in [2.05, 4.69) is 18.2 Å². The summed E-state index contributed by atoms with van der Waals surface area (Å²) < 4.78 is 10.7. The SMILES string of the molecule is COc1ccc(C(C(=N)c2ccc3ccc(-c4ccccc4)nc3c2)c2ccc(OC)cc2)cc1. The molecular weight excluding hydrogens is 432 g/mol. The molecule has 0 aliphatic heterocycles. The molecule has 5 aromatic rings. The Hall–Kier alpha value is -4.44. The lowest BCUT2D eigenvalue weighted by molar-refractivity contribution is 0.414. The molecule has 0 radical (unpaired) electrons. The molecule has 1 N–H and O–H groups in total. The molecule has 0 spiro atoms. The lowest BCUT2D eigenvalue weighted by Gasteiger charge is -2.21. The lowest BCUT2D eigenvalue weighted by Crippen LogP contribution is -2.15. The maximum Gasteiger partial charge on any atom is 0.118 e. The Labute approximate surface area is 205 Å². The zero-order chi connectivity index (χ0) is 24.2. The van der Waals surface area contributed by atoms with E-state index >= 15 is 0 Å². The number of benzene rings is 4. The van der Waals surface area contributed by atoms with Crippen molar-refractivity contribution < 1.29 is 9.47 Å². The quantitative estimate of drug-likeness (QED) is 0.264. The average molecular weight is 459 g/mol. The van der Waals surface area contributed by atoms with Crippen LogP contribution >= 0.6 is 0 Å². The summed E-state index contributed by atoms with van der Waals surface area (Å²) in [5.41, 5.74) is 6.25. The van der Waals surface area contributed by atoms with Crippen LogP contribution in [0.5, 0.6) is 11.5 Å². The van der Waals surface area contributed by atoms with Crippen molar-refractivity contribution in [3.8, 4) is 22.8 Å². The topological polar surface area (TPSA) is 55.2 Å². The van der Waals surface area contributed by atoms with Crippen molar-refractivity contribution in [1.82, 2.24) is 4.98 Å². The van der Waals surface area contributed by atoms with Crippen LogP contribution in [-0.2, 0) is 0 Å². The monoisotopic (exact) mass is 458 g/mol. The van der Waals surface area contributed by atoms with Gasteiger partial charge in [0, 0.05) is 10.9 Å². The Bertz CT molecular complexity index is 1410. The number of rotatable bonds is 7. The molecule has 0 saturated heterocycles. The van der Waals surface area contributed by atoms with E-state index in [9.17, 15) is 5.41 Å². The molecule has 172 valence electrons. The number of hydrogen-bond donors (Lipinski definition) is 1. The molecule has 0 atom stereocenters. The van der Waals surface area contributed by atoms with Crippen molar-refractivity contribution in [1.29, 1.82) is 5.41 Å². The van der Waals surface area contributed by atoms with Gasteiger partial charge in [-0.05, 0) is 53.1 Å². The van der Waals surface area contributed by atoms with Gasteiger partial charge in [-0.3, -0.25) is 0 Å². The molecule has 35 heavy (non-hydrogen) atoms. The van der Waals surface area contributed by atoms with Gasteiger partial charge in [0.2, 0.25) is 0 Å².